The first kappa shape index (κ1) is 18.4. The average Bonchev–Trinajstić information content (AvgIpc) is 3.20. The summed E-state index contributed by atoms with van der Waals surface area (Å²) in [6.07, 6.45) is 2.78. The lowest BCUT2D eigenvalue weighted by molar-refractivity contribution is -0.132. The third-order valence-electron chi connectivity index (χ3n) is 4.63. The number of nitrogens with one attached hydrogen (secondary N) is 1. The molecule has 5 heteroatoms. The van der Waals surface area contributed by atoms with Crippen molar-refractivity contribution >= 4 is 5.91 Å². The number of amides is 1. The van der Waals surface area contributed by atoms with Crippen molar-refractivity contribution in [3.8, 4) is 5.75 Å². The van der Waals surface area contributed by atoms with Crippen LogP contribution in [0.4, 0.5) is 4.39 Å². The first-order valence-electron chi connectivity index (χ1n) is 9.16. The topological polar surface area (TPSA) is 41.6 Å². The molecule has 0 unspecified atom stereocenters. The van der Waals surface area contributed by atoms with Crippen molar-refractivity contribution in [2.75, 3.05) is 26.2 Å². The van der Waals surface area contributed by atoms with Crippen LogP contribution in [0.1, 0.15) is 24.0 Å². The van der Waals surface area contributed by atoms with E-state index >= 15 is 0 Å². The molecule has 1 amide bonds. The Hall–Kier alpha value is -2.40. The number of carbonyl (C=O) groups is 1. The van der Waals surface area contributed by atoms with E-state index in [1.807, 2.05) is 35.2 Å². The molecule has 0 saturated carbocycles. The van der Waals surface area contributed by atoms with E-state index in [2.05, 4.69) is 5.32 Å². The number of likely N-dealkylation sites (tertiary alicyclic amines) is 1. The first-order valence-corrected chi connectivity index (χ1v) is 9.16. The van der Waals surface area contributed by atoms with Crippen LogP contribution in [0.3, 0.4) is 0 Å². The van der Waals surface area contributed by atoms with Gasteiger partial charge in [0.15, 0.2) is 6.61 Å². The molecule has 0 bridgehead atoms. The molecule has 1 fully saturated rings. The Labute approximate surface area is 154 Å². The molecule has 0 aromatic heterocycles. The summed E-state index contributed by atoms with van der Waals surface area (Å²) >= 11 is 0. The molecular formula is C21H25FN2O2. The standard InChI is InChI=1S/C21H25FN2O2/c22-19-9-3-1-7-17(19)11-12-23-15-18-8-2-4-10-20(18)26-16-21(25)24-13-5-6-14-24/h1-4,7-10,23H,5-6,11-16H2. The molecule has 1 aliphatic heterocycles. The molecule has 4 nitrogen and oxygen atoms in total. The van der Waals surface area contributed by atoms with Gasteiger partial charge in [-0.05, 0) is 43.5 Å². The van der Waals surface area contributed by atoms with Crippen LogP contribution in [0.15, 0.2) is 48.5 Å². The van der Waals surface area contributed by atoms with Crippen molar-refractivity contribution in [2.24, 2.45) is 0 Å². The normalized spacial score (nSPS) is 13.8. The smallest absolute Gasteiger partial charge is 0.260 e. The average molecular weight is 356 g/mol. The van der Waals surface area contributed by atoms with Crippen molar-refractivity contribution in [1.82, 2.24) is 10.2 Å². The van der Waals surface area contributed by atoms with Crippen molar-refractivity contribution in [3.63, 3.8) is 0 Å². The van der Waals surface area contributed by atoms with Crippen LogP contribution >= 0.6 is 0 Å². The minimum Gasteiger partial charge on any atom is -0.483 e. The summed E-state index contributed by atoms with van der Waals surface area (Å²) in [7, 11) is 0. The van der Waals surface area contributed by atoms with Crippen LogP contribution in [0, 0.1) is 5.82 Å². The van der Waals surface area contributed by atoms with Crippen LogP contribution in [-0.2, 0) is 17.8 Å². The van der Waals surface area contributed by atoms with E-state index in [4.69, 9.17) is 4.74 Å². The molecule has 1 saturated heterocycles. The first-order chi connectivity index (χ1) is 12.7. The number of rotatable bonds is 8. The zero-order chi connectivity index (χ0) is 18.2. The molecule has 26 heavy (non-hydrogen) atoms. The predicted molar refractivity (Wildman–Crippen MR) is 99.6 cm³/mol. The summed E-state index contributed by atoms with van der Waals surface area (Å²) in [5, 5.41) is 3.32. The number of halogens is 1. The van der Waals surface area contributed by atoms with Crippen LogP contribution in [0.25, 0.3) is 0 Å². The number of hydrogen-bond donors (Lipinski definition) is 1. The predicted octanol–water partition coefficient (Wildman–Crippen LogP) is 3.16. The van der Waals surface area contributed by atoms with Gasteiger partial charge in [-0.1, -0.05) is 36.4 Å². The molecular weight excluding hydrogens is 331 g/mol. The monoisotopic (exact) mass is 356 g/mol. The van der Waals surface area contributed by atoms with E-state index in [1.54, 1.807) is 12.1 Å². The molecule has 138 valence electrons. The third-order valence-corrected chi connectivity index (χ3v) is 4.63. The Balaban J connectivity index is 1.47. The Bertz CT molecular complexity index is 729. The van der Waals surface area contributed by atoms with Gasteiger partial charge in [-0.2, -0.15) is 0 Å². The fourth-order valence-corrected chi connectivity index (χ4v) is 3.14. The molecule has 1 aliphatic rings. The molecule has 3 rings (SSSR count). The van der Waals surface area contributed by atoms with Gasteiger partial charge in [0.05, 0.1) is 0 Å². The van der Waals surface area contributed by atoms with Gasteiger partial charge in [0.2, 0.25) is 0 Å². The number of benzene rings is 2. The molecule has 1 heterocycles. The number of nitrogens with zero attached hydrogens (tertiary/aromatic N) is 1. The van der Waals surface area contributed by atoms with Crippen molar-refractivity contribution in [3.05, 3.63) is 65.5 Å². The van der Waals surface area contributed by atoms with Gasteiger partial charge in [-0.25, -0.2) is 4.39 Å². The largest absolute Gasteiger partial charge is 0.483 e. The maximum atomic E-state index is 13.6. The lowest BCUT2D eigenvalue weighted by Gasteiger charge is -2.17. The number of carbonyl (C=O) groups excluding carboxylic acids is 1. The van der Waals surface area contributed by atoms with Crippen LogP contribution in [0.2, 0.25) is 0 Å². The van der Waals surface area contributed by atoms with E-state index < -0.39 is 0 Å². The maximum Gasteiger partial charge on any atom is 0.260 e. The zero-order valence-corrected chi connectivity index (χ0v) is 14.9. The summed E-state index contributed by atoms with van der Waals surface area (Å²) in [4.78, 5) is 14.0. The number of para-hydroxylation sites is 1. The van der Waals surface area contributed by atoms with Crippen molar-refractivity contribution in [2.45, 2.75) is 25.8 Å². The Morgan fingerprint density at radius 1 is 1.04 bits per heavy atom. The van der Waals surface area contributed by atoms with Crippen molar-refractivity contribution in [1.29, 1.82) is 0 Å². The van der Waals surface area contributed by atoms with Gasteiger partial charge in [-0.15, -0.1) is 0 Å². The summed E-state index contributed by atoms with van der Waals surface area (Å²) in [5.74, 6) is 0.599. The minimum atomic E-state index is -0.168. The molecule has 0 aliphatic carbocycles. The van der Waals surface area contributed by atoms with E-state index in [-0.39, 0.29) is 18.3 Å². The van der Waals surface area contributed by atoms with Gasteiger partial charge >= 0.3 is 0 Å². The second-order valence-corrected chi connectivity index (χ2v) is 6.50. The van der Waals surface area contributed by atoms with Gasteiger partial charge in [0.25, 0.3) is 5.91 Å². The Morgan fingerprint density at radius 3 is 2.50 bits per heavy atom. The lowest BCUT2D eigenvalue weighted by Crippen LogP contribution is -2.32. The SMILES string of the molecule is O=C(COc1ccccc1CNCCc1ccccc1F)N1CCCC1. The fraction of sp³-hybridized carbons (Fsp3) is 0.381. The molecule has 2 aromatic carbocycles. The Morgan fingerprint density at radius 2 is 1.73 bits per heavy atom. The summed E-state index contributed by atoms with van der Waals surface area (Å²) < 4.78 is 19.4. The van der Waals surface area contributed by atoms with Crippen LogP contribution < -0.4 is 10.1 Å². The Kier molecular flexibility index (Phi) is 6.61. The number of hydrogen-bond acceptors (Lipinski definition) is 3. The fourth-order valence-electron chi connectivity index (χ4n) is 3.14. The second kappa shape index (κ2) is 9.34. The molecule has 0 radical (unpaired) electrons. The summed E-state index contributed by atoms with van der Waals surface area (Å²) in [6, 6.07) is 14.5. The van der Waals surface area contributed by atoms with Gasteiger partial charge in [0, 0.05) is 25.2 Å². The highest BCUT2D eigenvalue weighted by molar-refractivity contribution is 5.78. The number of ether oxygens (including phenoxy) is 1. The van der Waals surface area contributed by atoms with Crippen LogP contribution in [-0.4, -0.2) is 37.0 Å². The highest BCUT2D eigenvalue weighted by Crippen LogP contribution is 2.18. The highest BCUT2D eigenvalue weighted by Gasteiger charge is 2.18. The van der Waals surface area contributed by atoms with E-state index in [1.165, 1.54) is 6.07 Å². The summed E-state index contributed by atoms with van der Waals surface area (Å²) in [5.41, 5.74) is 1.70. The van der Waals surface area contributed by atoms with Gasteiger partial charge < -0.3 is 15.0 Å². The van der Waals surface area contributed by atoms with E-state index in [9.17, 15) is 9.18 Å². The molecule has 0 atom stereocenters. The van der Waals surface area contributed by atoms with E-state index in [0.717, 1.165) is 37.2 Å². The highest BCUT2D eigenvalue weighted by atomic mass is 19.1. The second-order valence-electron chi connectivity index (χ2n) is 6.50. The van der Waals surface area contributed by atoms with Crippen LogP contribution in [0.5, 0.6) is 5.75 Å². The van der Waals surface area contributed by atoms with Gasteiger partial charge in [-0.3, -0.25) is 4.79 Å². The third kappa shape index (κ3) is 5.05. The van der Waals surface area contributed by atoms with Gasteiger partial charge in [0.1, 0.15) is 11.6 Å². The quantitative estimate of drug-likeness (QED) is 0.739. The molecule has 2 aromatic rings. The minimum absolute atomic E-state index is 0.0461. The molecule has 1 N–H and O–H groups in total. The molecule has 0 spiro atoms. The van der Waals surface area contributed by atoms with E-state index in [0.29, 0.717) is 25.1 Å². The zero-order valence-electron chi connectivity index (χ0n) is 14.9. The maximum absolute atomic E-state index is 13.6. The summed E-state index contributed by atoms with van der Waals surface area (Å²) in [6.45, 7) is 3.03. The lowest BCUT2D eigenvalue weighted by atomic mass is 10.1. The van der Waals surface area contributed by atoms with Crippen molar-refractivity contribution < 1.29 is 13.9 Å².